The SMILES string of the molecule is CN(C)c1ccc(/C=C(\NC(=O)c2ccccc2)C(=O)N/N=C/c2cccc(OC(=O)c3ccc4c(c3)OCO4)c2)cc1. The van der Waals surface area contributed by atoms with Gasteiger partial charge in [0.25, 0.3) is 11.8 Å². The number of carbonyl (C=O) groups excluding carboxylic acids is 3. The fraction of sp³-hybridized carbons (Fsp3) is 0.0909. The Balaban J connectivity index is 1.27. The zero-order valence-electron chi connectivity index (χ0n) is 23.4. The standard InChI is InChI=1S/C33H28N4O6/c1-37(2)26-14-11-22(12-15-26)18-28(35-31(38)24-8-4-3-5-9-24)32(39)36-34-20-23-7-6-10-27(17-23)43-33(40)25-13-16-29-30(19-25)42-21-41-29/h3-20H,21H2,1-2H3,(H,35,38)(H,36,39)/b28-18-,34-20+. The predicted octanol–water partition coefficient (Wildman–Crippen LogP) is 4.62. The number of amides is 2. The van der Waals surface area contributed by atoms with Crippen LogP contribution in [0.5, 0.6) is 17.2 Å². The van der Waals surface area contributed by atoms with Crippen molar-refractivity contribution in [1.82, 2.24) is 10.7 Å². The van der Waals surface area contributed by atoms with E-state index in [1.807, 2.05) is 43.3 Å². The molecule has 43 heavy (non-hydrogen) atoms. The molecule has 216 valence electrons. The molecule has 0 spiro atoms. The number of nitrogens with one attached hydrogen (secondary N) is 2. The largest absolute Gasteiger partial charge is 0.454 e. The lowest BCUT2D eigenvalue weighted by atomic mass is 10.1. The second-order valence-electron chi connectivity index (χ2n) is 9.59. The molecular weight excluding hydrogens is 548 g/mol. The predicted molar refractivity (Wildman–Crippen MR) is 162 cm³/mol. The summed E-state index contributed by atoms with van der Waals surface area (Å²) in [6.07, 6.45) is 2.97. The molecule has 0 saturated heterocycles. The molecule has 0 fully saturated rings. The van der Waals surface area contributed by atoms with E-state index < -0.39 is 17.8 Å². The summed E-state index contributed by atoms with van der Waals surface area (Å²) in [7, 11) is 3.86. The number of nitrogens with zero attached hydrogens (tertiary/aromatic N) is 2. The van der Waals surface area contributed by atoms with Crippen molar-refractivity contribution in [2.24, 2.45) is 5.10 Å². The van der Waals surface area contributed by atoms with E-state index in [1.54, 1.807) is 78.9 Å². The van der Waals surface area contributed by atoms with Crippen LogP contribution < -0.4 is 29.9 Å². The lowest BCUT2D eigenvalue weighted by Crippen LogP contribution is -2.32. The van der Waals surface area contributed by atoms with Gasteiger partial charge in [0, 0.05) is 25.3 Å². The van der Waals surface area contributed by atoms with E-state index in [0.717, 1.165) is 5.69 Å². The Bertz CT molecular complexity index is 1700. The third-order valence-corrected chi connectivity index (χ3v) is 6.31. The number of rotatable bonds is 9. The smallest absolute Gasteiger partial charge is 0.343 e. The topological polar surface area (TPSA) is 119 Å². The molecule has 2 amide bonds. The third kappa shape index (κ3) is 7.44. The van der Waals surface area contributed by atoms with E-state index in [-0.39, 0.29) is 18.2 Å². The van der Waals surface area contributed by atoms with Crippen LogP contribution in [0.3, 0.4) is 0 Å². The Kier molecular flexibility index (Phi) is 8.77. The quantitative estimate of drug-likeness (QED) is 0.0981. The third-order valence-electron chi connectivity index (χ3n) is 6.31. The fourth-order valence-corrected chi connectivity index (χ4v) is 4.05. The number of hydrogen-bond donors (Lipinski definition) is 2. The van der Waals surface area contributed by atoms with E-state index in [9.17, 15) is 14.4 Å². The first kappa shape index (κ1) is 28.6. The van der Waals surface area contributed by atoms with Crippen LogP contribution in [-0.2, 0) is 4.79 Å². The summed E-state index contributed by atoms with van der Waals surface area (Å²) >= 11 is 0. The van der Waals surface area contributed by atoms with E-state index in [4.69, 9.17) is 14.2 Å². The Labute approximate surface area is 248 Å². The zero-order chi connectivity index (χ0) is 30.2. The molecule has 1 aliphatic heterocycles. The van der Waals surface area contributed by atoms with E-state index in [0.29, 0.717) is 33.8 Å². The molecule has 10 nitrogen and oxygen atoms in total. The molecule has 0 unspecified atom stereocenters. The second kappa shape index (κ2) is 13.2. The average Bonchev–Trinajstić information content (AvgIpc) is 3.50. The van der Waals surface area contributed by atoms with Crippen molar-refractivity contribution in [1.29, 1.82) is 0 Å². The van der Waals surface area contributed by atoms with Gasteiger partial charge in [-0.1, -0.05) is 42.5 Å². The van der Waals surface area contributed by atoms with Crippen LogP contribution in [0.4, 0.5) is 5.69 Å². The van der Waals surface area contributed by atoms with Gasteiger partial charge in [0.2, 0.25) is 6.79 Å². The van der Waals surface area contributed by atoms with Crippen LogP contribution >= 0.6 is 0 Å². The summed E-state index contributed by atoms with van der Waals surface area (Å²) in [6, 6.07) is 27.5. The molecule has 0 bridgehead atoms. The van der Waals surface area contributed by atoms with Crippen LogP contribution in [0.1, 0.15) is 31.8 Å². The first-order chi connectivity index (χ1) is 20.9. The molecule has 5 rings (SSSR count). The highest BCUT2D eigenvalue weighted by atomic mass is 16.7. The zero-order valence-corrected chi connectivity index (χ0v) is 23.4. The highest BCUT2D eigenvalue weighted by Gasteiger charge is 2.18. The Morgan fingerprint density at radius 3 is 2.35 bits per heavy atom. The summed E-state index contributed by atoms with van der Waals surface area (Å²) in [5.41, 5.74) is 5.44. The summed E-state index contributed by atoms with van der Waals surface area (Å²) < 4.78 is 16.1. The van der Waals surface area contributed by atoms with Gasteiger partial charge >= 0.3 is 5.97 Å². The lowest BCUT2D eigenvalue weighted by molar-refractivity contribution is -0.117. The number of hydrogen-bond acceptors (Lipinski definition) is 8. The number of fused-ring (bicyclic) bond motifs is 1. The summed E-state index contributed by atoms with van der Waals surface area (Å²) in [5.74, 6) is -0.296. The molecule has 1 heterocycles. The number of carbonyl (C=O) groups is 3. The molecule has 2 N–H and O–H groups in total. The Morgan fingerprint density at radius 2 is 1.58 bits per heavy atom. The Morgan fingerprint density at radius 1 is 0.814 bits per heavy atom. The van der Waals surface area contributed by atoms with Crippen molar-refractivity contribution < 1.29 is 28.6 Å². The maximum Gasteiger partial charge on any atom is 0.343 e. The van der Waals surface area contributed by atoms with E-state index >= 15 is 0 Å². The normalized spacial score (nSPS) is 12.1. The van der Waals surface area contributed by atoms with Gasteiger partial charge in [0.15, 0.2) is 11.5 Å². The first-order valence-electron chi connectivity index (χ1n) is 13.3. The van der Waals surface area contributed by atoms with Gasteiger partial charge in [-0.05, 0) is 71.8 Å². The minimum Gasteiger partial charge on any atom is -0.454 e. The highest BCUT2D eigenvalue weighted by molar-refractivity contribution is 6.05. The molecule has 10 heteroatoms. The van der Waals surface area contributed by atoms with Gasteiger partial charge in [-0.25, -0.2) is 10.2 Å². The van der Waals surface area contributed by atoms with Crippen molar-refractivity contribution in [2.45, 2.75) is 0 Å². The molecule has 1 aliphatic rings. The monoisotopic (exact) mass is 576 g/mol. The molecule has 4 aromatic rings. The van der Waals surface area contributed by atoms with Crippen LogP contribution in [0.15, 0.2) is 108 Å². The minimum absolute atomic E-state index is 0.00927. The van der Waals surface area contributed by atoms with E-state index in [1.165, 1.54) is 6.21 Å². The lowest BCUT2D eigenvalue weighted by Gasteiger charge is -2.12. The van der Waals surface area contributed by atoms with Crippen LogP contribution in [0.25, 0.3) is 6.08 Å². The molecule has 0 aliphatic carbocycles. The first-order valence-corrected chi connectivity index (χ1v) is 13.3. The number of benzene rings is 4. The molecular formula is C33H28N4O6. The molecule has 0 radical (unpaired) electrons. The van der Waals surface area contributed by atoms with Gasteiger partial charge in [0.05, 0.1) is 11.8 Å². The maximum absolute atomic E-state index is 13.1. The fourth-order valence-electron chi connectivity index (χ4n) is 4.05. The van der Waals surface area contributed by atoms with Crippen molar-refractivity contribution in [3.63, 3.8) is 0 Å². The number of esters is 1. The Hall–Kier alpha value is -5.90. The van der Waals surface area contributed by atoms with Crippen molar-refractivity contribution >= 4 is 35.8 Å². The van der Waals surface area contributed by atoms with Crippen molar-refractivity contribution in [2.75, 3.05) is 25.8 Å². The van der Waals surface area contributed by atoms with Gasteiger partial charge in [-0.2, -0.15) is 5.10 Å². The number of anilines is 1. The van der Waals surface area contributed by atoms with E-state index in [2.05, 4.69) is 15.8 Å². The van der Waals surface area contributed by atoms with Crippen molar-refractivity contribution in [3.05, 3.63) is 125 Å². The van der Waals surface area contributed by atoms with Crippen LogP contribution in [0, 0.1) is 0 Å². The minimum atomic E-state index is -0.623. The highest BCUT2D eigenvalue weighted by Crippen LogP contribution is 2.32. The average molecular weight is 577 g/mol. The van der Waals surface area contributed by atoms with Crippen molar-refractivity contribution in [3.8, 4) is 17.2 Å². The van der Waals surface area contributed by atoms with Gasteiger partial charge in [-0.15, -0.1) is 0 Å². The van der Waals surface area contributed by atoms with Gasteiger partial charge < -0.3 is 24.4 Å². The maximum atomic E-state index is 13.1. The number of ether oxygens (including phenoxy) is 3. The summed E-state index contributed by atoms with van der Waals surface area (Å²) in [5, 5.41) is 6.73. The summed E-state index contributed by atoms with van der Waals surface area (Å²) in [4.78, 5) is 40.6. The van der Waals surface area contributed by atoms with Gasteiger partial charge in [-0.3, -0.25) is 9.59 Å². The number of hydrazone groups is 1. The van der Waals surface area contributed by atoms with Crippen LogP contribution in [-0.4, -0.2) is 44.9 Å². The second-order valence-corrected chi connectivity index (χ2v) is 9.59. The molecule has 0 aromatic heterocycles. The summed E-state index contributed by atoms with van der Waals surface area (Å²) in [6.45, 7) is 0.103. The molecule has 0 saturated carbocycles. The van der Waals surface area contributed by atoms with Gasteiger partial charge in [0.1, 0.15) is 11.4 Å². The molecule has 0 atom stereocenters. The molecule has 4 aromatic carbocycles. The van der Waals surface area contributed by atoms with Crippen LogP contribution in [0.2, 0.25) is 0 Å².